The second kappa shape index (κ2) is 7.02. The van der Waals surface area contributed by atoms with Crippen LogP contribution in [0.2, 0.25) is 0 Å². The van der Waals surface area contributed by atoms with Gasteiger partial charge in [-0.3, -0.25) is 4.79 Å². The number of methoxy groups -OCH3 is 1. The van der Waals surface area contributed by atoms with E-state index in [-0.39, 0.29) is 18.5 Å². The van der Waals surface area contributed by atoms with Gasteiger partial charge in [-0.2, -0.15) is 0 Å². The zero-order valence-electron chi connectivity index (χ0n) is 15.3. The van der Waals surface area contributed by atoms with Crippen molar-refractivity contribution in [2.75, 3.05) is 7.11 Å². The van der Waals surface area contributed by atoms with Crippen molar-refractivity contribution in [3.05, 3.63) is 12.3 Å². The van der Waals surface area contributed by atoms with E-state index in [4.69, 9.17) is 18.9 Å². The Balaban J connectivity index is 2.26. The fraction of sp³-hybridized carbons (Fsp3) is 0.833. The van der Waals surface area contributed by atoms with E-state index in [9.17, 15) is 9.90 Å². The maximum Gasteiger partial charge on any atom is 0.312 e. The number of carbonyl (C=O) groups excluding carboxylic acids is 1. The summed E-state index contributed by atoms with van der Waals surface area (Å²) in [6, 6.07) is 0. The van der Waals surface area contributed by atoms with E-state index in [1.165, 1.54) is 7.11 Å². The summed E-state index contributed by atoms with van der Waals surface area (Å²) in [5.41, 5.74) is -1.10. The highest BCUT2D eigenvalue weighted by Crippen LogP contribution is 2.49. The standard InChI is InChI=1S/C18H30O6/c1-7-9-12(16(20)21-6)13-10-14(19)18(11(3)22-13)15(8-2)23-17(4,5)24-18/h12-15,19H,3,7-10H2,1-2,4-6H3/t12-,13+,14-,15+,18-/m1/s1. The van der Waals surface area contributed by atoms with Crippen LogP contribution in [-0.2, 0) is 23.7 Å². The minimum absolute atomic E-state index is 0.273. The molecular weight excluding hydrogens is 312 g/mol. The molecular formula is C18H30O6. The number of rotatable bonds is 5. The average molecular weight is 342 g/mol. The van der Waals surface area contributed by atoms with Gasteiger partial charge in [-0.15, -0.1) is 0 Å². The van der Waals surface area contributed by atoms with Gasteiger partial charge in [-0.05, 0) is 26.7 Å². The number of hydrogen-bond donors (Lipinski definition) is 1. The van der Waals surface area contributed by atoms with Crippen LogP contribution in [0.4, 0.5) is 0 Å². The molecule has 0 aromatic carbocycles. The maximum atomic E-state index is 12.1. The molecule has 0 amide bonds. The molecule has 2 saturated heterocycles. The lowest BCUT2D eigenvalue weighted by Gasteiger charge is -2.45. The SMILES string of the molecule is C=C1O[C@H]([C@@H](CCC)C(=O)OC)C[C@@H](O)[C@]12OC(C)(C)O[C@H]2CC. The van der Waals surface area contributed by atoms with Crippen molar-refractivity contribution < 1.29 is 28.8 Å². The number of aliphatic hydroxyl groups excluding tert-OH is 1. The quantitative estimate of drug-likeness (QED) is 0.774. The molecule has 0 radical (unpaired) electrons. The Kier molecular flexibility index (Phi) is 5.62. The molecule has 2 aliphatic rings. The highest BCUT2D eigenvalue weighted by Gasteiger charge is 2.62. The van der Waals surface area contributed by atoms with Crippen LogP contribution < -0.4 is 0 Å². The molecule has 0 aliphatic carbocycles. The summed E-state index contributed by atoms with van der Waals surface area (Å²) >= 11 is 0. The van der Waals surface area contributed by atoms with Gasteiger partial charge in [0.1, 0.15) is 11.9 Å². The zero-order chi connectivity index (χ0) is 18.1. The number of carbonyl (C=O) groups is 1. The normalized spacial score (nSPS) is 36.4. The minimum Gasteiger partial charge on any atom is -0.491 e. The molecule has 0 bridgehead atoms. The number of aliphatic hydroxyl groups is 1. The minimum atomic E-state index is -1.10. The van der Waals surface area contributed by atoms with Crippen LogP contribution in [0.25, 0.3) is 0 Å². The van der Waals surface area contributed by atoms with E-state index in [0.29, 0.717) is 18.6 Å². The number of ether oxygens (including phenoxy) is 4. The molecule has 138 valence electrons. The Labute approximate surface area is 144 Å². The summed E-state index contributed by atoms with van der Waals surface area (Å²) in [6.07, 6.45) is 0.688. The van der Waals surface area contributed by atoms with Gasteiger partial charge in [0.15, 0.2) is 11.4 Å². The van der Waals surface area contributed by atoms with Crippen LogP contribution in [0.1, 0.15) is 53.4 Å². The lowest BCUT2D eigenvalue weighted by molar-refractivity contribution is -0.210. The first-order chi connectivity index (χ1) is 11.2. The van der Waals surface area contributed by atoms with Crippen molar-refractivity contribution in [1.29, 1.82) is 0 Å². The van der Waals surface area contributed by atoms with E-state index < -0.39 is 29.5 Å². The molecule has 0 unspecified atom stereocenters. The summed E-state index contributed by atoms with van der Waals surface area (Å²) in [4.78, 5) is 12.1. The Morgan fingerprint density at radius 2 is 2.12 bits per heavy atom. The molecule has 6 heteroatoms. The molecule has 1 spiro atoms. The highest BCUT2D eigenvalue weighted by atomic mass is 16.8. The van der Waals surface area contributed by atoms with Crippen LogP contribution in [0, 0.1) is 5.92 Å². The van der Waals surface area contributed by atoms with Crippen LogP contribution in [-0.4, -0.2) is 47.9 Å². The topological polar surface area (TPSA) is 74.2 Å². The summed E-state index contributed by atoms with van der Waals surface area (Å²) in [6.45, 7) is 11.6. The Hall–Kier alpha value is -1.11. The van der Waals surface area contributed by atoms with Crippen molar-refractivity contribution in [3.63, 3.8) is 0 Å². The van der Waals surface area contributed by atoms with Crippen molar-refractivity contribution in [3.8, 4) is 0 Å². The monoisotopic (exact) mass is 342 g/mol. The molecule has 6 nitrogen and oxygen atoms in total. The van der Waals surface area contributed by atoms with E-state index in [0.717, 1.165) is 6.42 Å². The lowest BCUT2D eigenvalue weighted by Crippen LogP contribution is -2.58. The lowest BCUT2D eigenvalue weighted by atomic mass is 9.79. The molecule has 1 N–H and O–H groups in total. The maximum absolute atomic E-state index is 12.1. The van der Waals surface area contributed by atoms with Crippen molar-refractivity contribution in [2.24, 2.45) is 5.92 Å². The third-order valence-electron chi connectivity index (χ3n) is 4.92. The Morgan fingerprint density at radius 3 is 2.62 bits per heavy atom. The first kappa shape index (κ1) is 19.2. The molecule has 0 saturated carbocycles. The molecule has 2 heterocycles. The summed E-state index contributed by atoms with van der Waals surface area (Å²) < 4.78 is 22.9. The molecule has 0 aromatic rings. The van der Waals surface area contributed by atoms with Crippen LogP contribution in [0.5, 0.6) is 0 Å². The molecule has 5 atom stereocenters. The second-order valence-electron chi connectivity index (χ2n) is 7.06. The largest absolute Gasteiger partial charge is 0.491 e. The molecule has 2 rings (SSSR count). The van der Waals surface area contributed by atoms with Gasteiger partial charge in [0, 0.05) is 6.42 Å². The predicted molar refractivity (Wildman–Crippen MR) is 88.1 cm³/mol. The van der Waals surface area contributed by atoms with Gasteiger partial charge in [0.2, 0.25) is 0 Å². The molecule has 2 aliphatic heterocycles. The molecule has 0 aromatic heterocycles. The average Bonchev–Trinajstić information content (AvgIpc) is 2.81. The Bertz CT molecular complexity index is 488. The van der Waals surface area contributed by atoms with Gasteiger partial charge in [-0.25, -0.2) is 0 Å². The third-order valence-corrected chi connectivity index (χ3v) is 4.92. The summed E-state index contributed by atoms with van der Waals surface area (Å²) in [5.74, 6) is -1.26. The molecule has 24 heavy (non-hydrogen) atoms. The van der Waals surface area contributed by atoms with Crippen molar-refractivity contribution in [1.82, 2.24) is 0 Å². The van der Waals surface area contributed by atoms with E-state index in [1.54, 1.807) is 0 Å². The smallest absolute Gasteiger partial charge is 0.312 e. The zero-order valence-corrected chi connectivity index (χ0v) is 15.3. The highest BCUT2D eigenvalue weighted by molar-refractivity contribution is 5.73. The number of esters is 1. The van der Waals surface area contributed by atoms with Crippen LogP contribution >= 0.6 is 0 Å². The van der Waals surface area contributed by atoms with Crippen molar-refractivity contribution in [2.45, 2.75) is 83.1 Å². The van der Waals surface area contributed by atoms with Gasteiger partial charge >= 0.3 is 5.97 Å². The fourth-order valence-corrected chi connectivity index (χ4v) is 3.90. The first-order valence-corrected chi connectivity index (χ1v) is 8.71. The van der Waals surface area contributed by atoms with Gasteiger partial charge in [0.25, 0.3) is 0 Å². The molecule has 2 fully saturated rings. The van der Waals surface area contributed by atoms with Gasteiger partial charge < -0.3 is 24.1 Å². The van der Waals surface area contributed by atoms with Gasteiger partial charge in [0.05, 0.1) is 25.2 Å². The predicted octanol–water partition coefficient (Wildman–Crippen LogP) is 2.54. The van der Waals surface area contributed by atoms with E-state index in [2.05, 4.69) is 6.58 Å². The fourth-order valence-electron chi connectivity index (χ4n) is 3.90. The van der Waals surface area contributed by atoms with Crippen LogP contribution in [0.3, 0.4) is 0 Å². The third kappa shape index (κ3) is 3.19. The Morgan fingerprint density at radius 1 is 1.46 bits per heavy atom. The second-order valence-corrected chi connectivity index (χ2v) is 7.06. The summed E-state index contributed by atoms with van der Waals surface area (Å²) in [7, 11) is 1.37. The number of hydrogen-bond acceptors (Lipinski definition) is 6. The van der Waals surface area contributed by atoms with E-state index in [1.807, 2.05) is 27.7 Å². The van der Waals surface area contributed by atoms with E-state index >= 15 is 0 Å². The van der Waals surface area contributed by atoms with Gasteiger partial charge in [-0.1, -0.05) is 26.8 Å². The van der Waals surface area contributed by atoms with Crippen molar-refractivity contribution >= 4 is 5.97 Å². The van der Waals surface area contributed by atoms with Crippen LogP contribution in [0.15, 0.2) is 12.3 Å². The summed E-state index contributed by atoms with van der Waals surface area (Å²) in [5, 5.41) is 10.9. The first-order valence-electron chi connectivity index (χ1n) is 8.71.